The fourth-order valence-corrected chi connectivity index (χ4v) is 1.48. The minimum absolute atomic E-state index is 0.107. The number of allylic oxidation sites excluding steroid dienone is 1. The zero-order chi connectivity index (χ0) is 15.7. The summed E-state index contributed by atoms with van der Waals surface area (Å²) in [6.45, 7) is 5.03. The van der Waals surface area contributed by atoms with E-state index in [-0.39, 0.29) is 12.1 Å². The van der Waals surface area contributed by atoms with Crippen molar-refractivity contribution in [1.82, 2.24) is 0 Å². The van der Waals surface area contributed by atoms with E-state index in [1.54, 1.807) is 13.0 Å². The van der Waals surface area contributed by atoms with E-state index in [1.807, 2.05) is 6.08 Å². The van der Waals surface area contributed by atoms with Crippen LogP contribution in [0.25, 0.3) is 0 Å². The summed E-state index contributed by atoms with van der Waals surface area (Å²) in [4.78, 5) is 21.2. The van der Waals surface area contributed by atoms with Crippen molar-refractivity contribution < 1.29 is 24.2 Å². The van der Waals surface area contributed by atoms with Gasteiger partial charge in [-0.15, -0.1) is 0 Å². The lowest BCUT2D eigenvalue weighted by Gasteiger charge is -2.12. The van der Waals surface area contributed by atoms with Crippen LogP contribution in [0.1, 0.15) is 46.0 Å². The Morgan fingerprint density at radius 3 is 2.62 bits per heavy atom. The molecule has 0 amide bonds. The van der Waals surface area contributed by atoms with Gasteiger partial charge in [0.2, 0.25) is 0 Å². The van der Waals surface area contributed by atoms with Gasteiger partial charge in [0.15, 0.2) is 0 Å². The minimum Gasteiger partial charge on any atom is -0.478 e. The van der Waals surface area contributed by atoms with Crippen molar-refractivity contribution >= 4 is 11.9 Å². The van der Waals surface area contributed by atoms with Gasteiger partial charge in [0.25, 0.3) is 0 Å². The van der Waals surface area contributed by atoms with Crippen LogP contribution < -0.4 is 0 Å². The monoisotopic (exact) mass is 296 g/mol. The highest BCUT2D eigenvalue weighted by molar-refractivity contribution is 5.89. The number of carboxylic acid groups (broad SMARTS) is 1. The topological polar surface area (TPSA) is 76.1 Å². The van der Waals surface area contributed by atoms with Crippen LogP contribution in [0.3, 0.4) is 0 Å². The molecule has 21 heavy (non-hydrogen) atoms. The van der Waals surface area contributed by atoms with E-state index in [9.17, 15) is 9.59 Å². The number of esters is 1. The number of hydrogen-bond acceptors (Lipinski definition) is 4. The van der Waals surface area contributed by atoms with Crippen molar-refractivity contribution in [2.75, 3.05) is 13.2 Å². The summed E-state index contributed by atoms with van der Waals surface area (Å²) in [5.41, 5.74) is 1.26. The van der Waals surface area contributed by atoms with Gasteiger partial charge < -0.3 is 14.6 Å². The number of rotatable bonds is 7. The van der Waals surface area contributed by atoms with Crippen LogP contribution in [-0.2, 0) is 19.1 Å². The largest absolute Gasteiger partial charge is 0.478 e. The standard InChI is InChI=1S/C9H14O2.C7H10O3/c1-2-3-7-11-9(10)8-5-4-6-8;1-5(7(8)9)2-3-6-4-10-6/h5H,2-4,6-7H2,1H3;2,6H,3-4H2,1H3,(H,8,9). The molecular weight excluding hydrogens is 272 g/mol. The lowest BCUT2D eigenvalue weighted by Crippen LogP contribution is -2.12. The summed E-state index contributed by atoms with van der Waals surface area (Å²) >= 11 is 0. The van der Waals surface area contributed by atoms with Crippen LogP contribution in [0.5, 0.6) is 0 Å². The molecule has 5 heteroatoms. The van der Waals surface area contributed by atoms with Gasteiger partial charge in [-0.1, -0.05) is 25.5 Å². The molecule has 1 heterocycles. The van der Waals surface area contributed by atoms with E-state index in [4.69, 9.17) is 14.6 Å². The SMILES string of the molecule is CC(=CCC1CO1)C(=O)O.CCCCOC(=O)C1=CCC1. The molecular formula is C16H24O5. The van der Waals surface area contributed by atoms with Crippen molar-refractivity contribution in [2.24, 2.45) is 0 Å². The van der Waals surface area contributed by atoms with Gasteiger partial charge in [-0.05, 0) is 32.6 Å². The molecule has 0 aromatic heterocycles. The zero-order valence-corrected chi connectivity index (χ0v) is 12.8. The molecule has 118 valence electrons. The molecule has 1 aliphatic carbocycles. The molecule has 5 nitrogen and oxygen atoms in total. The Morgan fingerprint density at radius 1 is 1.52 bits per heavy atom. The van der Waals surface area contributed by atoms with Crippen LogP contribution in [0.15, 0.2) is 23.3 Å². The molecule has 1 aliphatic heterocycles. The molecule has 1 saturated heterocycles. The third-order valence-electron chi connectivity index (χ3n) is 3.22. The van der Waals surface area contributed by atoms with Gasteiger partial charge >= 0.3 is 11.9 Å². The van der Waals surface area contributed by atoms with E-state index in [0.29, 0.717) is 12.2 Å². The average molecular weight is 296 g/mol. The fourth-order valence-electron chi connectivity index (χ4n) is 1.48. The highest BCUT2D eigenvalue weighted by atomic mass is 16.6. The summed E-state index contributed by atoms with van der Waals surface area (Å²) in [5, 5.41) is 8.41. The Morgan fingerprint density at radius 2 is 2.19 bits per heavy atom. The average Bonchev–Trinajstić information content (AvgIpc) is 3.19. The second-order valence-corrected chi connectivity index (χ2v) is 5.14. The van der Waals surface area contributed by atoms with Crippen molar-refractivity contribution in [3.63, 3.8) is 0 Å². The fraction of sp³-hybridized carbons (Fsp3) is 0.625. The van der Waals surface area contributed by atoms with Crippen LogP contribution in [0.4, 0.5) is 0 Å². The van der Waals surface area contributed by atoms with Crippen molar-refractivity contribution in [3.05, 3.63) is 23.3 Å². The molecule has 0 bridgehead atoms. The number of aliphatic carboxylic acids is 1. The first kappa shape index (κ1) is 17.4. The molecule has 1 atom stereocenters. The van der Waals surface area contributed by atoms with E-state index in [1.165, 1.54) is 0 Å². The quantitative estimate of drug-likeness (QED) is 0.338. The third kappa shape index (κ3) is 7.66. The molecule has 1 fully saturated rings. The number of carboxylic acids is 1. The molecule has 1 N–H and O–H groups in total. The van der Waals surface area contributed by atoms with Crippen LogP contribution in [-0.4, -0.2) is 36.4 Å². The molecule has 0 radical (unpaired) electrons. The predicted molar refractivity (Wildman–Crippen MR) is 78.9 cm³/mol. The maximum atomic E-state index is 11.0. The minimum atomic E-state index is -0.847. The second kappa shape index (κ2) is 9.34. The zero-order valence-electron chi connectivity index (χ0n) is 12.8. The Hall–Kier alpha value is -1.62. The van der Waals surface area contributed by atoms with Crippen molar-refractivity contribution in [3.8, 4) is 0 Å². The molecule has 0 spiro atoms. The van der Waals surface area contributed by atoms with Crippen LogP contribution >= 0.6 is 0 Å². The first-order valence-corrected chi connectivity index (χ1v) is 7.42. The highest BCUT2D eigenvalue weighted by Gasteiger charge is 2.20. The van der Waals surface area contributed by atoms with Gasteiger partial charge in [-0.25, -0.2) is 9.59 Å². The smallest absolute Gasteiger partial charge is 0.333 e. The van der Waals surface area contributed by atoms with Crippen LogP contribution in [0.2, 0.25) is 0 Å². The molecule has 0 saturated carbocycles. The Kier molecular flexibility index (Phi) is 7.75. The predicted octanol–water partition coefficient (Wildman–Crippen LogP) is 2.86. The number of carbonyl (C=O) groups excluding carboxylic acids is 1. The number of epoxide rings is 1. The normalized spacial score (nSPS) is 19.6. The Balaban J connectivity index is 0.000000211. The van der Waals surface area contributed by atoms with Gasteiger partial charge in [0.1, 0.15) is 0 Å². The van der Waals surface area contributed by atoms with E-state index < -0.39 is 5.97 Å². The second-order valence-electron chi connectivity index (χ2n) is 5.14. The molecule has 0 aromatic carbocycles. The third-order valence-corrected chi connectivity index (χ3v) is 3.22. The maximum Gasteiger partial charge on any atom is 0.333 e. The molecule has 1 unspecified atom stereocenters. The first-order chi connectivity index (χ1) is 10.0. The summed E-state index contributed by atoms with van der Waals surface area (Å²) in [6.07, 6.45) is 8.65. The highest BCUT2D eigenvalue weighted by Crippen LogP contribution is 2.18. The molecule has 0 aromatic rings. The van der Waals surface area contributed by atoms with Gasteiger partial charge in [0.05, 0.1) is 19.3 Å². The lowest BCUT2D eigenvalue weighted by molar-refractivity contribution is -0.139. The molecule has 2 rings (SSSR count). The summed E-state index contributed by atoms with van der Waals surface area (Å²) in [5.74, 6) is -0.953. The van der Waals surface area contributed by atoms with Crippen molar-refractivity contribution in [1.29, 1.82) is 0 Å². The van der Waals surface area contributed by atoms with E-state index >= 15 is 0 Å². The first-order valence-electron chi connectivity index (χ1n) is 7.42. The molecule has 2 aliphatic rings. The van der Waals surface area contributed by atoms with Crippen molar-refractivity contribution in [2.45, 2.75) is 52.1 Å². The summed E-state index contributed by atoms with van der Waals surface area (Å²) in [7, 11) is 0. The number of carbonyl (C=O) groups is 2. The maximum absolute atomic E-state index is 11.0. The van der Waals surface area contributed by atoms with Gasteiger partial charge in [-0.2, -0.15) is 0 Å². The number of unbranched alkanes of at least 4 members (excludes halogenated alkanes) is 1. The van der Waals surface area contributed by atoms with E-state index in [2.05, 4.69) is 6.92 Å². The number of ether oxygens (including phenoxy) is 2. The van der Waals surface area contributed by atoms with Crippen LogP contribution in [0, 0.1) is 0 Å². The van der Waals surface area contributed by atoms with E-state index in [0.717, 1.165) is 44.3 Å². The van der Waals surface area contributed by atoms with Gasteiger partial charge in [0, 0.05) is 11.1 Å². The summed E-state index contributed by atoms with van der Waals surface area (Å²) in [6, 6.07) is 0. The lowest BCUT2D eigenvalue weighted by atomic mass is 10.00. The Labute approximate surface area is 125 Å². The van der Waals surface area contributed by atoms with Gasteiger partial charge in [-0.3, -0.25) is 0 Å². The number of hydrogen-bond donors (Lipinski definition) is 1. The Bertz CT molecular complexity index is 418. The summed E-state index contributed by atoms with van der Waals surface area (Å²) < 4.78 is 9.88.